The van der Waals surface area contributed by atoms with Crippen LogP contribution in [0.25, 0.3) is 0 Å². The van der Waals surface area contributed by atoms with Crippen molar-refractivity contribution in [1.29, 1.82) is 5.26 Å². The van der Waals surface area contributed by atoms with Crippen LogP contribution in [0.3, 0.4) is 0 Å². The van der Waals surface area contributed by atoms with E-state index in [-0.39, 0.29) is 11.5 Å². The maximum atomic E-state index is 12.5. The molecule has 0 aromatic heterocycles. The van der Waals surface area contributed by atoms with Crippen LogP contribution in [-0.2, 0) is 20.2 Å². The summed E-state index contributed by atoms with van der Waals surface area (Å²) < 4.78 is 89.6. The highest BCUT2D eigenvalue weighted by Gasteiger charge is 2.48. The molecule has 2 rings (SSSR count). The lowest BCUT2D eigenvalue weighted by atomic mass is 9.77. The highest BCUT2D eigenvalue weighted by molar-refractivity contribution is 7.88. The van der Waals surface area contributed by atoms with Crippen molar-refractivity contribution in [2.24, 2.45) is 5.92 Å². The molecule has 0 radical (unpaired) electrons. The van der Waals surface area contributed by atoms with Crippen LogP contribution in [0.2, 0.25) is 0 Å². The van der Waals surface area contributed by atoms with Crippen molar-refractivity contribution in [3.05, 3.63) is 29.3 Å². The molecule has 12 heteroatoms. The third-order valence-corrected chi connectivity index (χ3v) is 5.86. The molecule has 0 spiro atoms. The second-order valence-corrected chi connectivity index (χ2v) is 10.4. The summed E-state index contributed by atoms with van der Waals surface area (Å²) in [6, 6.07) is 5.87. The number of rotatable bonds is 6. The van der Waals surface area contributed by atoms with E-state index in [4.69, 9.17) is 4.55 Å². The molecule has 0 unspecified atom stereocenters. The van der Waals surface area contributed by atoms with Crippen LogP contribution in [0.1, 0.15) is 68.9 Å². The fourth-order valence-corrected chi connectivity index (χ4v) is 3.88. The summed E-state index contributed by atoms with van der Waals surface area (Å²) in [4.78, 5) is 0. The van der Waals surface area contributed by atoms with E-state index in [1.807, 2.05) is 0 Å². The van der Waals surface area contributed by atoms with E-state index in [2.05, 4.69) is 11.1 Å². The predicted molar refractivity (Wildman–Crippen MR) is 108 cm³/mol. The Morgan fingerprint density at radius 2 is 1.71 bits per heavy atom. The van der Waals surface area contributed by atoms with Gasteiger partial charge in [-0.15, -0.1) is 0 Å². The van der Waals surface area contributed by atoms with Gasteiger partial charge >= 0.3 is 15.6 Å². The zero-order valence-electron chi connectivity index (χ0n) is 17.2. The minimum atomic E-state index is -5.79. The molecule has 1 saturated carbocycles. The highest BCUT2D eigenvalue weighted by atomic mass is 32.2. The van der Waals surface area contributed by atoms with E-state index in [1.165, 1.54) is 25.3 Å². The first-order valence-electron chi connectivity index (χ1n) is 9.65. The minimum absolute atomic E-state index is 0.205. The quantitative estimate of drug-likeness (QED) is 0.350. The zero-order chi connectivity index (χ0) is 23.9. The van der Waals surface area contributed by atoms with Crippen molar-refractivity contribution in [3.8, 4) is 11.8 Å². The van der Waals surface area contributed by atoms with Gasteiger partial charge in [0.2, 0.25) is 0 Å². The Bertz CT molecular complexity index is 969. The summed E-state index contributed by atoms with van der Waals surface area (Å²) in [5.41, 5.74) is -4.90. The SMILES string of the molecule is CCCCC1CCC(c2ccc(OS(=O)(=O)C(F)(F)F)c(C#N)c2)CC1.CS(=O)(=O)O. The molecule has 0 aliphatic heterocycles. The van der Waals surface area contributed by atoms with Crippen LogP contribution in [0, 0.1) is 17.2 Å². The number of benzene rings is 1. The third kappa shape index (κ3) is 9.45. The van der Waals surface area contributed by atoms with Crippen LogP contribution >= 0.6 is 0 Å². The topological polar surface area (TPSA) is 122 Å². The van der Waals surface area contributed by atoms with Crippen molar-refractivity contribution in [3.63, 3.8) is 0 Å². The highest BCUT2D eigenvalue weighted by Crippen LogP contribution is 2.39. The van der Waals surface area contributed by atoms with E-state index in [9.17, 15) is 35.3 Å². The monoisotopic (exact) mass is 485 g/mol. The van der Waals surface area contributed by atoms with Gasteiger partial charge in [-0.2, -0.15) is 35.3 Å². The molecule has 0 amide bonds. The molecule has 1 aliphatic carbocycles. The Balaban J connectivity index is 0.000000861. The molecule has 0 heterocycles. The molecule has 1 fully saturated rings. The molecule has 1 aliphatic rings. The zero-order valence-corrected chi connectivity index (χ0v) is 18.9. The summed E-state index contributed by atoms with van der Waals surface area (Å²) in [7, 11) is -9.46. The summed E-state index contributed by atoms with van der Waals surface area (Å²) in [6.07, 6.45) is 8.42. The number of alkyl halides is 3. The maximum absolute atomic E-state index is 12.5. The van der Waals surface area contributed by atoms with E-state index >= 15 is 0 Å². The van der Waals surface area contributed by atoms with Gasteiger partial charge in [0.15, 0.2) is 5.75 Å². The Morgan fingerprint density at radius 1 is 1.16 bits per heavy atom. The Morgan fingerprint density at radius 3 is 2.16 bits per heavy atom. The van der Waals surface area contributed by atoms with Crippen LogP contribution in [-0.4, -0.2) is 33.2 Å². The molecule has 0 atom stereocenters. The molecule has 1 N–H and O–H groups in total. The Kier molecular flexibility index (Phi) is 9.78. The van der Waals surface area contributed by atoms with Crippen molar-refractivity contribution in [1.82, 2.24) is 0 Å². The summed E-state index contributed by atoms with van der Waals surface area (Å²) in [5, 5.41) is 9.17. The van der Waals surface area contributed by atoms with Crippen LogP contribution in [0.4, 0.5) is 13.2 Å². The molecule has 176 valence electrons. The number of hydrogen-bond acceptors (Lipinski definition) is 6. The van der Waals surface area contributed by atoms with E-state index in [0.29, 0.717) is 12.2 Å². The molecule has 0 saturated heterocycles. The first-order chi connectivity index (χ1) is 14.2. The second kappa shape index (κ2) is 11.2. The van der Waals surface area contributed by atoms with Gasteiger partial charge in [0, 0.05) is 0 Å². The molecule has 31 heavy (non-hydrogen) atoms. The second-order valence-electron chi connectivity index (χ2n) is 7.44. The van der Waals surface area contributed by atoms with Crippen LogP contribution < -0.4 is 4.18 Å². The van der Waals surface area contributed by atoms with Crippen LogP contribution in [0.15, 0.2) is 18.2 Å². The number of nitriles is 1. The normalized spacial score (nSPS) is 19.6. The van der Waals surface area contributed by atoms with Crippen molar-refractivity contribution >= 4 is 20.2 Å². The summed E-state index contributed by atoms with van der Waals surface area (Å²) >= 11 is 0. The summed E-state index contributed by atoms with van der Waals surface area (Å²) in [5.74, 6) is 0.347. The maximum Gasteiger partial charge on any atom is 0.534 e. The molecular weight excluding hydrogens is 459 g/mol. The van der Waals surface area contributed by atoms with Crippen molar-refractivity contribution in [2.75, 3.05) is 6.26 Å². The van der Waals surface area contributed by atoms with E-state index in [0.717, 1.165) is 37.3 Å². The summed E-state index contributed by atoms with van der Waals surface area (Å²) in [6.45, 7) is 2.16. The van der Waals surface area contributed by atoms with Gasteiger partial charge in [0.1, 0.15) is 6.07 Å². The van der Waals surface area contributed by atoms with Gasteiger partial charge in [0.05, 0.1) is 11.8 Å². The van der Waals surface area contributed by atoms with Gasteiger partial charge in [0.25, 0.3) is 10.1 Å². The van der Waals surface area contributed by atoms with Crippen molar-refractivity contribution < 1.29 is 38.7 Å². The van der Waals surface area contributed by atoms with Gasteiger partial charge in [-0.1, -0.05) is 32.3 Å². The first-order valence-corrected chi connectivity index (χ1v) is 12.9. The fraction of sp³-hybridized carbons (Fsp3) is 0.632. The minimum Gasteiger partial charge on any atom is -0.375 e. The smallest absolute Gasteiger partial charge is 0.375 e. The van der Waals surface area contributed by atoms with E-state index < -0.39 is 31.5 Å². The largest absolute Gasteiger partial charge is 0.534 e. The lowest BCUT2D eigenvalue weighted by molar-refractivity contribution is -0.0500. The Hall–Kier alpha value is -1.84. The number of unbranched alkanes of at least 4 members (excludes halogenated alkanes) is 1. The number of hydrogen-bond donors (Lipinski definition) is 1. The van der Waals surface area contributed by atoms with Gasteiger partial charge in [-0.25, -0.2) is 0 Å². The number of halogens is 3. The number of nitrogens with zero attached hydrogens (tertiary/aromatic N) is 1. The molecule has 1 aromatic rings. The molecule has 1 aromatic carbocycles. The average Bonchev–Trinajstić information content (AvgIpc) is 2.64. The van der Waals surface area contributed by atoms with Gasteiger partial charge in [-0.05, 0) is 55.2 Å². The van der Waals surface area contributed by atoms with Gasteiger partial charge in [-0.3, -0.25) is 4.55 Å². The molecular formula is C19H26F3NO6S2. The third-order valence-electron chi connectivity index (χ3n) is 4.89. The first kappa shape index (κ1) is 27.2. The molecule has 0 bridgehead atoms. The van der Waals surface area contributed by atoms with Gasteiger partial charge < -0.3 is 4.18 Å². The van der Waals surface area contributed by atoms with Crippen molar-refractivity contribution in [2.45, 2.75) is 63.3 Å². The standard InChI is InChI=1S/C18H22F3NO3S.CH4O3S/c1-2-3-4-13-5-7-14(8-6-13)15-9-10-17(16(11-15)12-22)25-26(23,24)18(19,20)21;1-5(2,3)4/h9-11,13-14H,2-8H2,1H3;1H3,(H,2,3,4). The Labute approximate surface area is 181 Å². The molecule has 7 nitrogen and oxygen atoms in total. The predicted octanol–water partition coefficient (Wildman–Crippen LogP) is 4.75. The lowest BCUT2D eigenvalue weighted by Crippen LogP contribution is -2.28. The average molecular weight is 486 g/mol. The fourth-order valence-electron chi connectivity index (χ4n) is 3.40. The van der Waals surface area contributed by atoms with Crippen LogP contribution in [0.5, 0.6) is 5.75 Å². The lowest BCUT2D eigenvalue weighted by Gasteiger charge is -2.29. The van der Waals surface area contributed by atoms with E-state index in [1.54, 1.807) is 12.1 Å².